The highest BCUT2D eigenvalue weighted by Crippen LogP contribution is 2.26. The smallest absolute Gasteiger partial charge is 0.410 e. The Morgan fingerprint density at radius 3 is 2.54 bits per heavy atom. The van der Waals surface area contributed by atoms with E-state index in [1.54, 1.807) is 4.90 Å². The molecule has 4 rings (SSSR count). The second kappa shape index (κ2) is 10.8. The first-order chi connectivity index (χ1) is 16.7. The second-order valence-electron chi connectivity index (χ2n) is 9.45. The summed E-state index contributed by atoms with van der Waals surface area (Å²) in [6, 6.07) is 4.88. The average molecular weight is 506 g/mol. The molecule has 3 aliphatic heterocycles. The zero-order chi connectivity index (χ0) is 25.1. The molecule has 1 aromatic rings. The van der Waals surface area contributed by atoms with Crippen LogP contribution in [0.15, 0.2) is 24.3 Å². The molecule has 0 aromatic heterocycles. The standard InChI is InChI=1S/C23H31N5O6S/c1-25-9-2-3-19(25)21(29)24-16-8-10-26(12-16)22(30)20-11-18(35)13-27(20)23(31)34-14-15-4-6-17(7-5-15)28(32)33/h4-7,16,18-20,35H,2-3,8-14H2,1H3,(H,24,29)/t16-,18-,19+,20-/m0/s1. The Hall–Kier alpha value is -2.86. The largest absolute Gasteiger partial charge is 0.445 e. The minimum Gasteiger partial charge on any atom is -0.445 e. The lowest BCUT2D eigenvalue weighted by Gasteiger charge is -2.27. The molecule has 4 atom stereocenters. The van der Waals surface area contributed by atoms with E-state index in [4.69, 9.17) is 4.74 Å². The van der Waals surface area contributed by atoms with E-state index < -0.39 is 17.1 Å². The Labute approximate surface area is 209 Å². The van der Waals surface area contributed by atoms with Crippen LogP contribution in [-0.4, -0.2) is 94.1 Å². The van der Waals surface area contributed by atoms with Gasteiger partial charge in [0.15, 0.2) is 0 Å². The van der Waals surface area contributed by atoms with Gasteiger partial charge in [-0.15, -0.1) is 0 Å². The topological polar surface area (TPSA) is 125 Å². The summed E-state index contributed by atoms with van der Waals surface area (Å²) in [5.41, 5.74) is 0.568. The Bertz CT molecular complexity index is 976. The maximum absolute atomic E-state index is 13.3. The van der Waals surface area contributed by atoms with E-state index in [9.17, 15) is 24.5 Å². The summed E-state index contributed by atoms with van der Waals surface area (Å²) < 4.78 is 5.40. The first-order valence-electron chi connectivity index (χ1n) is 11.9. The minimum atomic E-state index is -0.669. The zero-order valence-electron chi connectivity index (χ0n) is 19.7. The summed E-state index contributed by atoms with van der Waals surface area (Å²) in [5, 5.41) is 13.7. The second-order valence-corrected chi connectivity index (χ2v) is 10.2. The number of benzene rings is 1. The summed E-state index contributed by atoms with van der Waals surface area (Å²) in [6.07, 6.45) is 2.34. The number of carbonyl (C=O) groups excluding carboxylic acids is 3. The van der Waals surface area contributed by atoms with Crippen LogP contribution in [0.25, 0.3) is 0 Å². The van der Waals surface area contributed by atoms with Crippen LogP contribution in [0.1, 0.15) is 31.2 Å². The van der Waals surface area contributed by atoms with Crippen LogP contribution >= 0.6 is 12.6 Å². The van der Waals surface area contributed by atoms with Gasteiger partial charge in [-0.3, -0.25) is 29.5 Å². The Morgan fingerprint density at radius 2 is 1.89 bits per heavy atom. The molecule has 3 amide bonds. The number of nitro groups is 1. The third kappa shape index (κ3) is 5.87. The third-order valence-corrected chi connectivity index (χ3v) is 7.35. The predicted molar refractivity (Wildman–Crippen MR) is 130 cm³/mol. The molecule has 3 heterocycles. The van der Waals surface area contributed by atoms with E-state index in [-0.39, 0.29) is 41.4 Å². The van der Waals surface area contributed by atoms with E-state index in [1.165, 1.54) is 29.2 Å². The number of amides is 3. The van der Waals surface area contributed by atoms with Crippen molar-refractivity contribution in [1.82, 2.24) is 20.0 Å². The van der Waals surface area contributed by atoms with Gasteiger partial charge in [-0.25, -0.2) is 4.79 Å². The fourth-order valence-electron chi connectivity index (χ4n) is 5.02. The van der Waals surface area contributed by atoms with E-state index in [1.807, 2.05) is 7.05 Å². The van der Waals surface area contributed by atoms with E-state index in [2.05, 4.69) is 22.8 Å². The van der Waals surface area contributed by atoms with Crippen molar-refractivity contribution in [2.24, 2.45) is 0 Å². The predicted octanol–water partition coefficient (Wildman–Crippen LogP) is 1.42. The molecule has 190 valence electrons. The van der Waals surface area contributed by atoms with Crippen LogP contribution in [0.5, 0.6) is 0 Å². The van der Waals surface area contributed by atoms with Gasteiger partial charge >= 0.3 is 6.09 Å². The number of nitro benzene ring substituents is 1. The number of hydrogen-bond donors (Lipinski definition) is 2. The highest BCUT2D eigenvalue weighted by Gasteiger charge is 2.43. The number of ether oxygens (including phenoxy) is 1. The first-order valence-corrected chi connectivity index (χ1v) is 12.4. The van der Waals surface area contributed by atoms with Crippen LogP contribution in [0.3, 0.4) is 0 Å². The van der Waals surface area contributed by atoms with Crippen molar-refractivity contribution in [2.45, 2.75) is 55.7 Å². The summed E-state index contributed by atoms with van der Waals surface area (Å²) in [6.45, 7) is 2.08. The van der Waals surface area contributed by atoms with Crippen molar-refractivity contribution in [3.05, 3.63) is 39.9 Å². The van der Waals surface area contributed by atoms with Crippen molar-refractivity contribution in [3.63, 3.8) is 0 Å². The van der Waals surface area contributed by atoms with Gasteiger partial charge in [-0.05, 0) is 57.0 Å². The molecule has 35 heavy (non-hydrogen) atoms. The lowest BCUT2D eigenvalue weighted by molar-refractivity contribution is -0.384. The van der Waals surface area contributed by atoms with Crippen molar-refractivity contribution >= 4 is 36.2 Å². The van der Waals surface area contributed by atoms with E-state index in [0.29, 0.717) is 38.0 Å². The number of carbonyl (C=O) groups is 3. The lowest BCUT2D eigenvalue weighted by atomic mass is 10.2. The van der Waals surface area contributed by atoms with Crippen LogP contribution in [0.2, 0.25) is 0 Å². The molecular weight excluding hydrogens is 474 g/mol. The van der Waals surface area contributed by atoms with Crippen molar-refractivity contribution in [2.75, 3.05) is 33.2 Å². The number of nitrogens with one attached hydrogen (secondary N) is 1. The van der Waals surface area contributed by atoms with Crippen molar-refractivity contribution in [3.8, 4) is 0 Å². The van der Waals surface area contributed by atoms with E-state index >= 15 is 0 Å². The van der Waals surface area contributed by atoms with Gasteiger partial charge in [-0.1, -0.05) is 0 Å². The van der Waals surface area contributed by atoms with Gasteiger partial charge in [0, 0.05) is 43.1 Å². The monoisotopic (exact) mass is 505 g/mol. The highest BCUT2D eigenvalue weighted by molar-refractivity contribution is 7.81. The molecule has 0 spiro atoms. The minimum absolute atomic E-state index is 0.0111. The number of non-ortho nitro benzene ring substituents is 1. The maximum atomic E-state index is 13.3. The van der Waals surface area contributed by atoms with Gasteiger partial charge in [0.1, 0.15) is 12.6 Å². The van der Waals surface area contributed by atoms with Gasteiger partial charge in [0.05, 0.1) is 11.0 Å². The van der Waals surface area contributed by atoms with Crippen LogP contribution in [0.4, 0.5) is 10.5 Å². The maximum Gasteiger partial charge on any atom is 0.410 e. The number of thiol groups is 1. The number of nitrogens with zero attached hydrogens (tertiary/aromatic N) is 4. The van der Waals surface area contributed by atoms with Gasteiger partial charge < -0.3 is 15.0 Å². The summed E-state index contributed by atoms with van der Waals surface area (Å²) in [4.78, 5) is 54.1. The molecule has 0 unspecified atom stereocenters. The molecule has 3 saturated heterocycles. The molecule has 0 radical (unpaired) electrons. The fraction of sp³-hybridized carbons (Fsp3) is 0.609. The fourth-order valence-corrected chi connectivity index (χ4v) is 5.40. The van der Waals surface area contributed by atoms with Gasteiger partial charge in [0.25, 0.3) is 5.69 Å². The molecule has 1 aromatic carbocycles. The Morgan fingerprint density at radius 1 is 1.14 bits per heavy atom. The molecule has 1 N–H and O–H groups in total. The molecule has 3 aliphatic rings. The SMILES string of the molecule is CN1CCC[C@@H]1C(=O)N[C@H]1CCN(C(=O)[C@@H]2C[C@H](S)CN2C(=O)OCc2ccc([N+](=O)[O-])cc2)C1. The van der Waals surface area contributed by atoms with Crippen LogP contribution in [0, 0.1) is 10.1 Å². The Kier molecular flexibility index (Phi) is 7.80. The molecular formula is C23H31N5O6S. The molecule has 3 fully saturated rings. The number of hydrogen-bond acceptors (Lipinski definition) is 8. The molecule has 0 saturated carbocycles. The number of rotatable bonds is 6. The molecule has 11 nitrogen and oxygen atoms in total. The van der Waals surface area contributed by atoms with Crippen LogP contribution in [-0.2, 0) is 20.9 Å². The molecule has 0 bridgehead atoms. The highest BCUT2D eigenvalue weighted by atomic mass is 32.1. The zero-order valence-corrected chi connectivity index (χ0v) is 20.6. The first kappa shape index (κ1) is 25.2. The number of likely N-dealkylation sites (tertiary alicyclic amines) is 3. The molecule has 12 heteroatoms. The average Bonchev–Trinajstić information content (AvgIpc) is 3.57. The normalized spacial score (nSPS) is 26.7. The van der Waals surface area contributed by atoms with Crippen molar-refractivity contribution in [1.29, 1.82) is 0 Å². The number of likely N-dealkylation sites (N-methyl/N-ethyl adjacent to an activating group) is 1. The quantitative estimate of drug-likeness (QED) is 0.340. The summed E-state index contributed by atoms with van der Waals surface area (Å²) in [5.74, 6) is -0.152. The van der Waals surface area contributed by atoms with E-state index in [0.717, 1.165) is 19.4 Å². The lowest BCUT2D eigenvalue weighted by Crippen LogP contribution is -2.49. The summed E-state index contributed by atoms with van der Waals surface area (Å²) in [7, 11) is 1.95. The molecule has 0 aliphatic carbocycles. The summed E-state index contributed by atoms with van der Waals surface area (Å²) >= 11 is 4.49. The Balaban J connectivity index is 1.30. The van der Waals surface area contributed by atoms with Crippen LogP contribution < -0.4 is 5.32 Å². The van der Waals surface area contributed by atoms with Gasteiger partial charge in [-0.2, -0.15) is 12.6 Å². The van der Waals surface area contributed by atoms with Crippen molar-refractivity contribution < 1.29 is 24.0 Å². The third-order valence-electron chi connectivity index (χ3n) is 6.98. The van der Waals surface area contributed by atoms with Gasteiger partial charge in [0.2, 0.25) is 11.8 Å².